The van der Waals surface area contributed by atoms with Crippen LogP contribution in [0.3, 0.4) is 0 Å². The number of nitrogens with zero attached hydrogens (tertiary/aromatic N) is 2. The first-order valence-corrected chi connectivity index (χ1v) is 8.92. The normalized spacial score (nSPS) is 27.7. The first-order chi connectivity index (χ1) is 13.0. The summed E-state index contributed by atoms with van der Waals surface area (Å²) in [7, 11) is 0. The Morgan fingerprint density at radius 2 is 2.19 bits per heavy atom. The molecule has 1 aromatic rings. The molecule has 5 N–H and O–H groups in total. The van der Waals surface area contributed by atoms with Gasteiger partial charge in [-0.25, -0.2) is 10.7 Å². The van der Waals surface area contributed by atoms with Crippen LogP contribution in [-0.2, 0) is 14.3 Å². The summed E-state index contributed by atoms with van der Waals surface area (Å²) < 4.78 is 13.5. The van der Waals surface area contributed by atoms with E-state index in [1.54, 1.807) is 5.01 Å². The van der Waals surface area contributed by atoms with Crippen LogP contribution < -0.4 is 28.1 Å². The van der Waals surface area contributed by atoms with Crippen LogP contribution in [0.5, 0.6) is 0 Å². The highest BCUT2D eigenvalue weighted by Gasteiger charge is 2.43. The Morgan fingerprint density at radius 3 is 2.89 bits per heavy atom. The molecule has 0 aromatic carbocycles. The number of hydrogen-bond donors (Lipinski definition) is 4. The molecule has 150 valence electrons. The summed E-state index contributed by atoms with van der Waals surface area (Å²) in [5, 5.41) is 1.79. The highest BCUT2D eigenvalue weighted by atomic mass is 16.6. The molecule has 0 bridgehead atoms. The maximum atomic E-state index is 12.2. The summed E-state index contributed by atoms with van der Waals surface area (Å²) in [4.78, 5) is 30.3. The fraction of sp³-hybridized carbons (Fsp3) is 0.625. The smallest absolute Gasteiger partial charge is 0.330 e. The Labute approximate surface area is 156 Å². The standard InChI is InChI=1S/C16H26N6O5/c1-3-12-10(2)14(15(27-12)22-5-4-13(23)18-16(22)24)25-9-11-8-21(20-19-11)6-7-26-17/h4-5,8,10,12,14-15,19-20H,3,6-7,9,17H2,1-2H3,(H,18,23,24)/t10?,12-,14+,15-/m1/s1. The molecule has 0 saturated carbocycles. The fourth-order valence-corrected chi connectivity index (χ4v) is 3.33. The van der Waals surface area contributed by atoms with Crippen molar-refractivity contribution in [3.8, 4) is 0 Å². The Morgan fingerprint density at radius 1 is 1.37 bits per heavy atom. The van der Waals surface area contributed by atoms with E-state index in [4.69, 9.17) is 15.4 Å². The van der Waals surface area contributed by atoms with Crippen molar-refractivity contribution in [3.63, 3.8) is 0 Å². The first kappa shape index (κ1) is 19.6. The second-order valence-corrected chi connectivity index (χ2v) is 6.58. The lowest BCUT2D eigenvalue weighted by atomic mass is 9.98. The third kappa shape index (κ3) is 4.39. The summed E-state index contributed by atoms with van der Waals surface area (Å²) >= 11 is 0. The summed E-state index contributed by atoms with van der Waals surface area (Å²) in [5.41, 5.74) is 5.83. The monoisotopic (exact) mass is 382 g/mol. The summed E-state index contributed by atoms with van der Waals surface area (Å²) in [6, 6.07) is 1.30. The van der Waals surface area contributed by atoms with Crippen LogP contribution in [0, 0.1) is 5.92 Å². The highest BCUT2D eigenvalue weighted by molar-refractivity contribution is 5.03. The van der Waals surface area contributed by atoms with Crippen molar-refractivity contribution in [1.82, 2.24) is 25.5 Å². The van der Waals surface area contributed by atoms with E-state index in [2.05, 4.69) is 20.8 Å². The van der Waals surface area contributed by atoms with Gasteiger partial charge in [0.1, 0.15) is 6.10 Å². The van der Waals surface area contributed by atoms with E-state index < -0.39 is 17.5 Å². The molecule has 4 atom stereocenters. The van der Waals surface area contributed by atoms with E-state index in [0.29, 0.717) is 19.8 Å². The maximum absolute atomic E-state index is 12.2. The predicted octanol–water partition coefficient (Wildman–Crippen LogP) is -1.08. The quantitative estimate of drug-likeness (QED) is 0.414. The van der Waals surface area contributed by atoms with Gasteiger partial charge >= 0.3 is 5.69 Å². The lowest BCUT2D eigenvalue weighted by molar-refractivity contribution is -0.0623. The molecule has 1 fully saturated rings. The van der Waals surface area contributed by atoms with Gasteiger partial charge < -0.3 is 19.7 Å². The van der Waals surface area contributed by atoms with Gasteiger partial charge in [0.05, 0.1) is 31.6 Å². The topological polar surface area (TPSA) is 136 Å². The molecule has 1 aromatic heterocycles. The molecule has 27 heavy (non-hydrogen) atoms. The van der Waals surface area contributed by atoms with Crippen LogP contribution in [0.4, 0.5) is 0 Å². The van der Waals surface area contributed by atoms with Crippen LogP contribution in [0.1, 0.15) is 26.5 Å². The van der Waals surface area contributed by atoms with Crippen molar-refractivity contribution < 1.29 is 14.3 Å². The Bertz CT molecular complexity index is 777. The number of nitrogens with one attached hydrogen (secondary N) is 3. The number of hydrogen-bond acceptors (Lipinski definition) is 9. The second-order valence-electron chi connectivity index (χ2n) is 6.58. The van der Waals surface area contributed by atoms with Crippen molar-refractivity contribution >= 4 is 0 Å². The van der Waals surface area contributed by atoms with Gasteiger partial charge in [0.25, 0.3) is 5.56 Å². The van der Waals surface area contributed by atoms with Gasteiger partial charge in [0.15, 0.2) is 6.23 Å². The number of nitrogens with two attached hydrogens (primary N) is 1. The Kier molecular flexibility index (Phi) is 6.29. The molecule has 0 aliphatic carbocycles. The van der Waals surface area contributed by atoms with Gasteiger partial charge in [-0.05, 0) is 6.42 Å². The predicted molar refractivity (Wildman–Crippen MR) is 95.6 cm³/mol. The zero-order chi connectivity index (χ0) is 19.4. The van der Waals surface area contributed by atoms with Gasteiger partial charge in [0.2, 0.25) is 0 Å². The van der Waals surface area contributed by atoms with Crippen LogP contribution in [0.2, 0.25) is 0 Å². The van der Waals surface area contributed by atoms with Gasteiger partial charge in [0, 0.05) is 24.4 Å². The average molecular weight is 382 g/mol. The molecular weight excluding hydrogens is 356 g/mol. The van der Waals surface area contributed by atoms with Crippen LogP contribution >= 0.6 is 0 Å². The lowest BCUT2D eigenvalue weighted by Crippen LogP contribution is -2.39. The van der Waals surface area contributed by atoms with Crippen molar-refractivity contribution in [2.45, 2.75) is 38.7 Å². The molecule has 3 heterocycles. The third-order valence-corrected chi connectivity index (χ3v) is 4.78. The number of rotatable bonds is 8. The largest absolute Gasteiger partial charge is 0.367 e. The van der Waals surface area contributed by atoms with E-state index in [0.717, 1.165) is 12.1 Å². The number of hydrazine groups is 2. The fourth-order valence-electron chi connectivity index (χ4n) is 3.33. The molecule has 11 nitrogen and oxygen atoms in total. The summed E-state index contributed by atoms with van der Waals surface area (Å²) in [6.45, 7) is 5.32. The zero-order valence-corrected chi connectivity index (χ0v) is 15.4. The molecule has 1 saturated heterocycles. The average Bonchev–Trinajstić information content (AvgIpc) is 3.22. The minimum absolute atomic E-state index is 0.0410. The molecule has 3 rings (SSSR count). The molecule has 2 aliphatic heterocycles. The van der Waals surface area contributed by atoms with Crippen LogP contribution in [0.15, 0.2) is 33.7 Å². The van der Waals surface area contributed by atoms with Gasteiger partial charge in [-0.15, -0.1) is 5.53 Å². The molecule has 0 radical (unpaired) electrons. The Balaban J connectivity index is 1.71. The SMILES string of the molecule is CC[C@H]1O[C@@H](n2ccc(=O)[nH]c2=O)[C@@H](OCC2=CN(CCON)NN2)C1C. The van der Waals surface area contributed by atoms with E-state index >= 15 is 0 Å². The van der Waals surface area contributed by atoms with Crippen molar-refractivity contribution in [2.24, 2.45) is 11.8 Å². The number of aromatic nitrogens is 2. The molecule has 11 heteroatoms. The minimum Gasteiger partial charge on any atom is -0.367 e. The Hall–Kier alpha value is -2.18. The van der Waals surface area contributed by atoms with E-state index in [1.807, 2.05) is 20.0 Å². The third-order valence-electron chi connectivity index (χ3n) is 4.78. The maximum Gasteiger partial charge on any atom is 0.330 e. The number of ether oxygens (including phenoxy) is 2. The van der Waals surface area contributed by atoms with E-state index in [9.17, 15) is 9.59 Å². The van der Waals surface area contributed by atoms with Gasteiger partial charge in [-0.1, -0.05) is 13.8 Å². The molecule has 0 spiro atoms. The molecule has 2 aliphatic rings. The summed E-state index contributed by atoms with van der Waals surface area (Å²) in [6.07, 6.45) is 3.11. The van der Waals surface area contributed by atoms with Crippen LogP contribution in [0.25, 0.3) is 0 Å². The van der Waals surface area contributed by atoms with Gasteiger partial charge in [-0.3, -0.25) is 19.4 Å². The molecule has 0 amide bonds. The van der Waals surface area contributed by atoms with Gasteiger partial charge in [-0.2, -0.15) is 0 Å². The zero-order valence-electron chi connectivity index (χ0n) is 15.4. The molecule has 1 unspecified atom stereocenters. The van der Waals surface area contributed by atoms with Crippen LogP contribution in [-0.4, -0.2) is 46.5 Å². The van der Waals surface area contributed by atoms with Crippen molar-refractivity contribution in [2.75, 3.05) is 19.8 Å². The molecular formula is C16H26N6O5. The number of H-pyrrole nitrogens is 1. The first-order valence-electron chi connectivity index (χ1n) is 8.92. The number of aromatic amines is 1. The highest BCUT2D eigenvalue weighted by Crippen LogP contribution is 2.36. The lowest BCUT2D eigenvalue weighted by Gasteiger charge is -2.23. The second kappa shape index (κ2) is 8.67. The van der Waals surface area contributed by atoms with Crippen molar-refractivity contribution in [3.05, 3.63) is 45.0 Å². The van der Waals surface area contributed by atoms with Crippen molar-refractivity contribution in [1.29, 1.82) is 0 Å². The minimum atomic E-state index is -0.606. The summed E-state index contributed by atoms with van der Waals surface area (Å²) in [5.74, 6) is 5.11. The van der Waals surface area contributed by atoms with E-state index in [-0.39, 0.29) is 18.1 Å². The van der Waals surface area contributed by atoms with E-state index in [1.165, 1.54) is 16.8 Å².